The number of nitrogens with one attached hydrogen (secondary N) is 2. The zero-order valence-corrected chi connectivity index (χ0v) is 14.2. The third kappa shape index (κ3) is 3.08. The summed E-state index contributed by atoms with van der Waals surface area (Å²) in [6.07, 6.45) is 3.46. The molecule has 3 aromatic rings. The summed E-state index contributed by atoms with van der Waals surface area (Å²) >= 11 is 0. The van der Waals surface area contributed by atoms with Crippen molar-refractivity contribution >= 4 is 17.5 Å². The number of furan rings is 1. The second-order valence-corrected chi connectivity index (χ2v) is 5.53. The maximum absolute atomic E-state index is 12.7. The van der Waals surface area contributed by atoms with Crippen molar-refractivity contribution in [3.63, 3.8) is 0 Å². The fraction of sp³-hybridized carbons (Fsp3) is 0.105. The number of aromatic nitrogens is 1. The molecule has 3 rings (SSSR count). The fourth-order valence-electron chi connectivity index (χ4n) is 2.64. The molecule has 0 saturated heterocycles. The number of rotatable bonds is 4. The Balaban J connectivity index is 1.94. The summed E-state index contributed by atoms with van der Waals surface area (Å²) in [5.74, 6) is -0.104. The molecular formula is C19H16N4O3. The Bertz CT molecular complexity index is 1010. The lowest BCUT2D eigenvalue weighted by Crippen LogP contribution is -2.18. The molecular weight excluding hydrogens is 332 g/mol. The van der Waals surface area contributed by atoms with E-state index in [0.717, 1.165) is 0 Å². The van der Waals surface area contributed by atoms with Crippen molar-refractivity contribution in [1.82, 2.24) is 9.88 Å². The van der Waals surface area contributed by atoms with E-state index in [1.54, 1.807) is 60.3 Å². The summed E-state index contributed by atoms with van der Waals surface area (Å²) in [5, 5.41) is 14.8. The van der Waals surface area contributed by atoms with Crippen LogP contribution in [0.5, 0.6) is 0 Å². The second kappa shape index (κ2) is 6.99. The molecule has 130 valence electrons. The van der Waals surface area contributed by atoms with Crippen molar-refractivity contribution in [2.45, 2.75) is 6.92 Å². The van der Waals surface area contributed by atoms with Gasteiger partial charge in [-0.2, -0.15) is 5.26 Å². The van der Waals surface area contributed by atoms with Gasteiger partial charge >= 0.3 is 0 Å². The van der Waals surface area contributed by atoms with Crippen LogP contribution >= 0.6 is 0 Å². The van der Waals surface area contributed by atoms with Crippen LogP contribution in [0, 0.1) is 18.3 Å². The zero-order chi connectivity index (χ0) is 18.7. The highest BCUT2D eigenvalue weighted by atomic mass is 16.4. The van der Waals surface area contributed by atoms with Crippen LogP contribution in [-0.2, 0) is 0 Å². The Labute approximate surface area is 149 Å². The van der Waals surface area contributed by atoms with Gasteiger partial charge in [-0.25, -0.2) is 0 Å². The van der Waals surface area contributed by atoms with Crippen LogP contribution in [-0.4, -0.2) is 23.4 Å². The molecule has 7 heteroatoms. The van der Waals surface area contributed by atoms with Crippen LogP contribution in [0.2, 0.25) is 0 Å². The van der Waals surface area contributed by atoms with Gasteiger partial charge in [-0.1, -0.05) is 6.07 Å². The number of hydrogen-bond acceptors (Lipinski definition) is 4. The summed E-state index contributed by atoms with van der Waals surface area (Å²) in [5.41, 5.74) is 1.19. The van der Waals surface area contributed by atoms with Crippen LogP contribution in [0.3, 0.4) is 0 Å². The number of benzene rings is 1. The van der Waals surface area contributed by atoms with Crippen molar-refractivity contribution in [2.75, 3.05) is 12.4 Å². The monoisotopic (exact) mass is 348 g/mol. The summed E-state index contributed by atoms with van der Waals surface area (Å²) in [6, 6.07) is 12.2. The van der Waals surface area contributed by atoms with Crippen LogP contribution in [0.25, 0.3) is 5.88 Å². The number of carbonyl (C=O) groups excluding carboxylic acids is 2. The molecule has 0 fully saturated rings. The Hall–Kier alpha value is -3.79. The first-order chi connectivity index (χ1) is 12.5. The minimum Gasteiger partial charge on any atom is -0.443 e. The molecule has 0 aliphatic heterocycles. The first-order valence-electron chi connectivity index (χ1n) is 7.85. The highest BCUT2D eigenvalue weighted by molar-refractivity contribution is 6.07. The van der Waals surface area contributed by atoms with E-state index < -0.39 is 5.91 Å². The highest BCUT2D eigenvalue weighted by Crippen LogP contribution is 2.26. The summed E-state index contributed by atoms with van der Waals surface area (Å²) in [6.45, 7) is 1.63. The van der Waals surface area contributed by atoms with Crippen molar-refractivity contribution in [3.05, 3.63) is 71.2 Å². The lowest BCUT2D eigenvalue weighted by molar-refractivity contribution is 0.0961. The number of hydrogen-bond donors (Lipinski definition) is 2. The molecule has 0 spiro atoms. The van der Waals surface area contributed by atoms with E-state index >= 15 is 0 Å². The lowest BCUT2D eigenvalue weighted by Gasteiger charge is -2.07. The Kier molecular flexibility index (Phi) is 4.58. The van der Waals surface area contributed by atoms with Gasteiger partial charge in [0.15, 0.2) is 0 Å². The first-order valence-corrected chi connectivity index (χ1v) is 7.85. The number of nitrogens with zero attached hydrogens (tertiary/aromatic N) is 2. The quantitative estimate of drug-likeness (QED) is 0.757. The Morgan fingerprint density at radius 3 is 2.54 bits per heavy atom. The molecule has 0 aliphatic rings. The molecule has 0 atom stereocenters. The van der Waals surface area contributed by atoms with E-state index in [2.05, 4.69) is 10.6 Å². The molecule has 26 heavy (non-hydrogen) atoms. The zero-order valence-electron chi connectivity index (χ0n) is 14.2. The number of nitriles is 1. The standard InChI is InChI=1S/C19H16N4O3/c1-12-16(15(11-20)19(26-12)23-8-3-4-9-23)18(25)22-14-7-5-6-13(10-14)17(24)21-2/h3-10H,1-2H3,(H,21,24)(H,22,25). The minimum atomic E-state index is -0.477. The highest BCUT2D eigenvalue weighted by Gasteiger charge is 2.24. The van der Waals surface area contributed by atoms with E-state index in [1.165, 1.54) is 7.05 Å². The van der Waals surface area contributed by atoms with E-state index in [4.69, 9.17) is 4.42 Å². The van der Waals surface area contributed by atoms with E-state index in [0.29, 0.717) is 22.9 Å². The van der Waals surface area contributed by atoms with Crippen LogP contribution in [0.4, 0.5) is 5.69 Å². The maximum Gasteiger partial charge on any atom is 0.260 e. The molecule has 2 aromatic heterocycles. The SMILES string of the molecule is CNC(=O)c1cccc(NC(=O)c2c(C)oc(-n3cccc3)c2C#N)c1. The summed E-state index contributed by atoms with van der Waals surface area (Å²) < 4.78 is 7.27. The first kappa shape index (κ1) is 17.0. The molecule has 0 bridgehead atoms. The topological polar surface area (TPSA) is 100 Å². The number of amides is 2. The van der Waals surface area contributed by atoms with Gasteiger partial charge in [0.25, 0.3) is 11.8 Å². The molecule has 0 aliphatic carbocycles. The van der Waals surface area contributed by atoms with Crippen molar-refractivity contribution < 1.29 is 14.0 Å². The van der Waals surface area contributed by atoms with Gasteiger partial charge in [0, 0.05) is 30.7 Å². The Morgan fingerprint density at radius 1 is 1.15 bits per heavy atom. The number of anilines is 1. The molecule has 0 radical (unpaired) electrons. The molecule has 1 aromatic carbocycles. The average molecular weight is 348 g/mol. The van der Waals surface area contributed by atoms with Gasteiger partial charge < -0.3 is 15.1 Å². The second-order valence-electron chi connectivity index (χ2n) is 5.53. The molecule has 0 saturated carbocycles. The Morgan fingerprint density at radius 2 is 1.88 bits per heavy atom. The maximum atomic E-state index is 12.7. The van der Waals surface area contributed by atoms with Crippen molar-refractivity contribution in [2.24, 2.45) is 0 Å². The predicted molar refractivity (Wildman–Crippen MR) is 95.3 cm³/mol. The van der Waals surface area contributed by atoms with Crippen molar-refractivity contribution in [3.8, 4) is 12.0 Å². The molecule has 2 N–H and O–H groups in total. The van der Waals surface area contributed by atoms with Gasteiger partial charge in [0.1, 0.15) is 23.0 Å². The average Bonchev–Trinajstić information content (AvgIpc) is 3.28. The summed E-state index contributed by atoms with van der Waals surface area (Å²) in [7, 11) is 1.53. The predicted octanol–water partition coefficient (Wildman–Crippen LogP) is 2.86. The van der Waals surface area contributed by atoms with E-state index in [9.17, 15) is 14.9 Å². The van der Waals surface area contributed by atoms with Gasteiger partial charge in [0.05, 0.1) is 0 Å². The van der Waals surface area contributed by atoms with E-state index in [-0.39, 0.29) is 17.0 Å². The molecule has 0 unspecified atom stereocenters. The van der Waals surface area contributed by atoms with Crippen molar-refractivity contribution in [1.29, 1.82) is 5.26 Å². The van der Waals surface area contributed by atoms with Gasteiger partial charge in [-0.15, -0.1) is 0 Å². The third-order valence-corrected chi connectivity index (χ3v) is 3.85. The fourth-order valence-corrected chi connectivity index (χ4v) is 2.64. The van der Waals surface area contributed by atoms with Crippen LogP contribution in [0.15, 0.2) is 53.2 Å². The largest absolute Gasteiger partial charge is 0.443 e. The number of aryl methyl sites for hydroxylation is 1. The summed E-state index contributed by atoms with van der Waals surface area (Å²) in [4.78, 5) is 24.4. The van der Waals surface area contributed by atoms with Gasteiger partial charge in [-0.3, -0.25) is 14.2 Å². The molecule has 7 nitrogen and oxygen atoms in total. The smallest absolute Gasteiger partial charge is 0.260 e. The normalized spacial score (nSPS) is 10.2. The minimum absolute atomic E-state index is 0.152. The van der Waals surface area contributed by atoms with E-state index in [1.807, 2.05) is 6.07 Å². The van der Waals surface area contributed by atoms with Gasteiger partial charge in [0.2, 0.25) is 5.88 Å². The third-order valence-electron chi connectivity index (χ3n) is 3.85. The van der Waals surface area contributed by atoms with Gasteiger partial charge in [-0.05, 0) is 37.3 Å². The lowest BCUT2D eigenvalue weighted by atomic mass is 10.1. The van der Waals surface area contributed by atoms with Crippen LogP contribution < -0.4 is 10.6 Å². The molecule has 2 amide bonds. The number of carbonyl (C=O) groups is 2. The molecule has 2 heterocycles. The van der Waals surface area contributed by atoms with Crippen LogP contribution in [0.1, 0.15) is 32.0 Å².